The Hall–Kier alpha value is -0.750. The zero-order valence-corrected chi connectivity index (χ0v) is 10.1. The summed E-state index contributed by atoms with van der Waals surface area (Å²) in [6.07, 6.45) is 2.13. The van der Waals surface area contributed by atoms with E-state index in [1.54, 1.807) is 0 Å². The molecule has 1 aromatic rings. The molecule has 1 heterocycles. The average molecular weight is 243 g/mol. The maximum atomic E-state index is 7.06. The van der Waals surface area contributed by atoms with Crippen LogP contribution in [-0.2, 0) is 5.75 Å². The average Bonchev–Trinajstić information content (AvgIpc) is 2.59. The third-order valence-corrected chi connectivity index (χ3v) is 3.47. The van der Waals surface area contributed by atoms with E-state index >= 15 is 0 Å². The van der Waals surface area contributed by atoms with Gasteiger partial charge < -0.3 is 11.1 Å². The molecule has 4 N–H and O–H groups in total. The highest BCUT2D eigenvalue weighted by Crippen LogP contribution is 2.19. The molecule has 0 amide bonds. The van der Waals surface area contributed by atoms with Crippen LogP contribution in [0.2, 0.25) is 0 Å². The molecule has 0 aliphatic heterocycles. The van der Waals surface area contributed by atoms with E-state index in [1.807, 2.05) is 17.1 Å². The van der Waals surface area contributed by atoms with Gasteiger partial charge in [0.05, 0.1) is 5.69 Å². The van der Waals surface area contributed by atoms with E-state index < -0.39 is 0 Å². The van der Waals surface area contributed by atoms with Crippen molar-refractivity contribution < 1.29 is 0 Å². The molecule has 1 rings (SSSR count). The van der Waals surface area contributed by atoms with Crippen LogP contribution in [0.5, 0.6) is 0 Å². The van der Waals surface area contributed by atoms with Gasteiger partial charge in [-0.1, -0.05) is 13.3 Å². The van der Waals surface area contributed by atoms with Crippen LogP contribution in [0.1, 0.15) is 18.5 Å². The number of thioether (sulfide) groups is 1. The fraction of sp³-hybridized carbons (Fsp3) is 0.444. The molecular formula is C9H15N4S2. The first kappa shape index (κ1) is 12.3. The van der Waals surface area contributed by atoms with Gasteiger partial charge in [-0.2, -0.15) is 11.8 Å². The highest BCUT2D eigenvalue weighted by atomic mass is 32.2. The molecule has 0 saturated carbocycles. The predicted octanol–water partition coefficient (Wildman–Crippen LogP) is 2.30. The molecule has 83 valence electrons. The molecule has 4 nitrogen and oxygen atoms in total. The van der Waals surface area contributed by atoms with Gasteiger partial charge in [-0.05, 0) is 12.2 Å². The Morgan fingerprint density at radius 3 is 3.20 bits per heavy atom. The maximum absolute atomic E-state index is 7.06. The molecule has 1 radical (unpaired) electrons. The lowest BCUT2D eigenvalue weighted by Gasteiger charge is -1.97. The molecule has 0 spiro atoms. The lowest BCUT2D eigenvalue weighted by molar-refractivity contribution is 0.968. The summed E-state index contributed by atoms with van der Waals surface area (Å²) in [5.74, 6) is 1.97. The number of thiazole rings is 1. The summed E-state index contributed by atoms with van der Waals surface area (Å²) in [6, 6.07) is 0. The number of nitrogens with two attached hydrogens (primary N) is 1. The van der Waals surface area contributed by atoms with Crippen LogP contribution in [0.25, 0.3) is 0 Å². The Labute approximate surface area is 98.2 Å². The largest absolute Gasteiger partial charge is 0.370 e. The molecule has 0 atom stereocenters. The van der Waals surface area contributed by atoms with Crippen LogP contribution in [0, 0.1) is 12.3 Å². The van der Waals surface area contributed by atoms with Gasteiger partial charge in [-0.15, -0.1) is 11.3 Å². The fourth-order valence-electron chi connectivity index (χ4n) is 0.927. The fourth-order valence-corrected chi connectivity index (χ4v) is 2.66. The second-order valence-electron chi connectivity index (χ2n) is 2.94. The lowest BCUT2D eigenvalue weighted by atomic mass is 10.4. The molecular weight excluding hydrogens is 228 g/mol. The van der Waals surface area contributed by atoms with E-state index in [9.17, 15) is 0 Å². The predicted molar refractivity (Wildman–Crippen MR) is 68.4 cm³/mol. The van der Waals surface area contributed by atoms with Gasteiger partial charge in [0.2, 0.25) is 0 Å². The number of unbranched alkanes of at least 4 members (excludes halogenated alkanes) is 1. The lowest BCUT2D eigenvalue weighted by Crippen LogP contribution is -2.20. The molecule has 0 aliphatic rings. The van der Waals surface area contributed by atoms with E-state index in [0.29, 0.717) is 5.13 Å². The summed E-state index contributed by atoms with van der Waals surface area (Å²) < 4.78 is 0. The molecule has 0 bridgehead atoms. The second kappa shape index (κ2) is 6.68. The zero-order chi connectivity index (χ0) is 11.1. The van der Waals surface area contributed by atoms with Crippen LogP contribution in [0.4, 0.5) is 5.13 Å². The molecule has 6 heteroatoms. The third-order valence-electron chi connectivity index (χ3n) is 1.58. The van der Waals surface area contributed by atoms with Gasteiger partial charge in [0.25, 0.3) is 0 Å². The van der Waals surface area contributed by atoms with Crippen molar-refractivity contribution in [3.8, 4) is 0 Å². The minimum absolute atomic E-state index is 0.0689. The van der Waals surface area contributed by atoms with Gasteiger partial charge >= 0.3 is 0 Å². The van der Waals surface area contributed by atoms with Crippen molar-refractivity contribution in [1.29, 1.82) is 5.41 Å². The number of hydrogen-bond donors (Lipinski definition) is 3. The van der Waals surface area contributed by atoms with E-state index in [1.165, 1.54) is 11.3 Å². The first-order chi connectivity index (χ1) is 7.22. The zero-order valence-electron chi connectivity index (χ0n) is 8.45. The normalized spacial score (nSPS) is 10.2. The molecule has 0 saturated heterocycles. The van der Waals surface area contributed by atoms with Gasteiger partial charge in [0.1, 0.15) is 0 Å². The van der Waals surface area contributed by atoms with Crippen molar-refractivity contribution in [2.75, 3.05) is 11.1 Å². The Bertz CT molecular complexity index is 311. The quantitative estimate of drug-likeness (QED) is 0.407. The SMILES string of the molecule is [CH2]CCCSCc1csc(NC(=N)N)n1. The van der Waals surface area contributed by atoms with Crippen LogP contribution in [-0.4, -0.2) is 16.7 Å². The monoisotopic (exact) mass is 243 g/mol. The number of nitrogens with zero attached hydrogens (tertiary/aromatic N) is 1. The Morgan fingerprint density at radius 1 is 1.73 bits per heavy atom. The Kier molecular flexibility index (Phi) is 5.49. The minimum Gasteiger partial charge on any atom is -0.370 e. The van der Waals surface area contributed by atoms with E-state index in [-0.39, 0.29) is 5.96 Å². The number of hydrogen-bond acceptors (Lipinski definition) is 4. The third kappa shape index (κ3) is 5.03. The Morgan fingerprint density at radius 2 is 2.53 bits per heavy atom. The van der Waals surface area contributed by atoms with Gasteiger partial charge in [0, 0.05) is 11.1 Å². The van der Waals surface area contributed by atoms with Crippen molar-refractivity contribution in [1.82, 2.24) is 4.98 Å². The topological polar surface area (TPSA) is 74.8 Å². The molecule has 0 aliphatic carbocycles. The van der Waals surface area contributed by atoms with Crippen molar-refractivity contribution in [3.05, 3.63) is 18.0 Å². The standard InChI is InChI=1S/C9H15N4S2/c1-2-3-4-14-5-7-6-15-9(12-7)13-8(10)11/h6H,1-5H2,(H4,10,11,12,13). The molecule has 15 heavy (non-hydrogen) atoms. The summed E-state index contributed by atoms with van der Waals surface area (Å²) in [4.78, 5) is 4.30. The summed E-state index contributed by atoms with van der Waals surface area (Å²) >= 11 is 3.33. The van der Waals surface area contributed by atoms with Crippen LogP contribution in [0.3, 0.4) is 0 Å². The first-order valence-electron chi connectivity index (χ1n) is 4.65. The highest BCUT2D eigenvalue weighted by molar-refractivity contribution is 7.98. The molecule has 0 fully saturated rings. The highest BCUT2D eigenvalue weighted by Gasteiger charge is 2.02. The van der Waals surface area contributed by atoms with Crippen LogP contribution < -0.4 is 11.1 Å². The van der Waals surface area contributed by atoms with Crippen molar-refractivity contribution in [3.63, 3.8) is 0 Å². The smallest absolute Gasteiger partial charge is 0.192 e. The van der Waals surface area contributed by atoms with E-state index in [2.05, 4.69) is 17.2 Å². The van der Waals surface area contributed by atoms with Gasteiger partial charge in [0.15, 0.2) is 11.1 Å². The van der Waals surface area contributed by atoms with E-state index in [0.717, 1.165) is 30.0 Å². The number of aromatic nitrogens is 1. The number of rotatable bonds is 6. The van der Waals surface area contributed by atoms with Crippen molar-refractivity contribution >= 4 is 34.2 Å². The summed E-state index contributed by atoms with van der Waals surface area (Å²) in [5, 5.41) is 12.4. The van der Waals surface area contributed by atoms with Crippen molar-refractivity contribution in [2.45, 2.75) is 18.6 Å². The van der Waals surface area contributed by atoms with E-state index in [4.69, 9.17) is 11.1 Å². The number of anilines is 1. The number of nitrogens with one attached hydrogen (secondary N) is 2. The van der Waals surface area contributed by atoms with Gasteiger partial charge in [-0.3, -0.25) is 5.41 Å². The summed E-state index contributed by atoms with van der Waals surface area (Å²) in [5.41, 5.74) is 6.24. The number of guanidine groups is 1. The minimum atomic E-state index is -0.0689. The summed E-state index contributed by atoms with van der Waals surface area (Å²) in [6.45, 7) is 3.79. The molecule has 0 unspecified atom stereocenters. The molecule has 1 aromatic heterocycles. The summed E-state index contributed by atoms with van der Waals surface area (Å²) in [7, 11) is 0. The van der Waals surface area contributed by atoms with Gasteiger partial charge in [-0.25, -0.2) is 4.98 Å². The second-order valence-corrected chi connectivity index (χ2v) is 4.91. The van der Waals surface area contributed by atoms with Crippen LogP contribution >= 0.6 is 23.1 Å². The Balaban J connectivity index is 2.29. The van der Waals surface area contributed by atoms with Crippen LogP contribution in [0.15, 0.2) is 5.38 Å². The maximum Gasteiger partial charge on any atom is 0.192 e. The molecule has 0 aromatic carbocycles. The van der Waals surface area contributed by atoms with Crippen molar-refractivity contribution in [2.24, 2.45) is 5.73 Å². The first-order valence-corrected chi connectivity index (χ1v) is 6.68.